The zero-order chi connectivity index (χ0) is 70.7. The van der Waals surface area contributed by atoms with Crippen LogP contribution in [0, 0.1) is 0 Å². The van der Waals surface area contributed by atoms with Gasteiger partial charge in [0.2, 0.25) is 0 Å². The van der Waals surface area contributed by atoms with Crippen molar-refractivity contribution in [1.29, 1.82) is 0 Å². The van der Waals surface area contributed by atoms with E-state index in [9.17, 15) is 0 Å². The summed E-state index contributed by atoms with van der Waals surface area (Å²) < 4.78 is 45.1. The van der Waals surface area contributed by atoms with Gasteiger partial charge in [-0.05, 0) is 175 Å². The number of furan rings is 3. The number of para-hydroxylation sites is 5. The molecule has 0 unspecified atom stereocenters. The van der Waals surface area contributed by atoms with E-state index in [-0.39, 0.29) is 18.3 Å². The van der Waals surface area contributed by atoms with Crippen LogP contribution < -0.4 is 9.47 Å². The molecule has 104 heavy (non-hydrogen) atoms. The van der Waals surface area contributed by atoms with Crippen LogP contribution in [0.2, 0.25) is 0 Å². The molecule has 5 aromatic heterocycles. The molecule has 23 rings (SSSR count). The van der Waals surface area contributed by atoms with Gasteiger partial charge in [0.05, 0.1) is 14.2 Å². The number of fused-ring (bicyclic) bond motifs is 33. The molecule has 0 radical (unpaired) electrons. The number of benzene rings is 14. The summed E-state index contributed by atoms with van der Waals surface area (Å²) in [6.07, 6.45) is 1.92. The first-order valence-corrected chi connectivity index (χ1v) is 35.9. The zero-order valence-electron chi connectivity index (χ0n) is 60.2. The average molecular weight is 1350 g/mol. The van der Waals surface area contributed by atoms with Gasteiger partial charge in [-0.25, -0.2) is 0 Å². The summed E-state index contributed by atoms with van der Waals surface area (Å²) in [5, 5.41) is 12.5. The van der Waals surface area contributed by atoms with Gasteiger partial charge in [0.25, 0.3) is 0 Å². The van der Waals surface area contributed by atoms with Crippen molar-refractivity contribution in [2.24, 2.45) is 0 Å². The van der Waals surface area contributed by atoms with Gasteiger partial charge < -0.3 is 31.9 Å². The second-order valence-electron chi connectivity index (χ2n) is 29.5. The quantitative estimate of drug-likeness (QED) is 0.166. The lowest BCUT2D eigenvalue weighted by molar-refractivity contribution is 0.414. The van der Waals surface area contributed by atoms with E-state index in [0.717, 1.165) is 70.9 Å². The molecular weight excluding hydrogens is 1270 g/mol. The second-order valence-corrected chi connectivity index (χ2v) is 29.5. The van der Waals surface area contributed by atoms with Gasteiger partial charge in [-0.1, -0.05) is 217 Å². The summed E-state index contributed by atoms with van der Waals surface area (Å²) in [6.45, 7) is 11.1. The van der Waals surface area contributed by atoms with E-state index in [2.05, 4.69) is 267 Å². The SMILES string of the molecule is C.CC1(C)c2c(ccc3c2-c2ccccc2C3)-c2ccc3c(oc4ccccc43)c21.COc1ccc(Cn2c3ccccc3c3c4c(ccc32)-c2ccc3c(oc5ccccc53)c2C4(C)C)cc1.COc1ccc(Cn2c3ccccc3c3c4c(ccc32)-c2ccc3c(oc5ccccc53)c2C4)cc1.[2H][2H]. The standard InChI is InChI=1S/C35H27NO2.C33H23NO2.C28H20O.CH4.H2/c1-35(2)32-24(25-16-17-26-23-8-5-7-11-30(23)38-34(26)33(25)35)18-19-29-31(32)27-9-4-6-10-28(27)36(29)20-21-12-14-22(37-3)15-13-21;1-35-21-12-10-20(11-13-21)19-34-29-8-4-2-7-26(29)32-27-18-28-23(22(27)16-17-30(32)34)14-15-25-24-6-3-5-9-31(24)36-33(25)28;1-28(2)25-20(12-11-17-15-16-7-3-4-8-18(16)24(17)25)21-13-14-22-19-9-5-6-10-23(19)29-27(22)26(21)28;;/h4-19H,20H2,1-3H3;2-17H,18-19H2,1H3;3-14H,15H2,1-2H3;1H4;1H/i;;;;1+1D. The first kappa shape index (κ1) is 60.4. The van der Waals surface area contributed by atoms with E-state index < -0.39 is 0 Å². The monoisotopic (exact) mass is 1350 g/mol. The minimum atomic E-state index is -0.216. The number of nitrogens with zero attached hydrogens (tertiary/aromatic N) is 2. The van der Waals surface area contributed by atoms with Crippen molar-refractivity contribution < 1.29 is 25.7 Å². The molecule has 0 atom stereocenters. The molecule has 5 heterocycles. The summed E-state index contributed by atoms with van der Waals surface area (Å²) in [5.74, 6) is 1.76. The average Bonchev–Trinajstić information content (AvgIpc) is 1.53. The predicted octanol–water partition coefficient (Wildman–Crippen LogP) is 25.7. The highest BCUT2D eigenvalue weighted by Crippen LogP contribution is 2.59. The molecular formula is C97H76N2O5. The third-order valence-corrected chi connectivity index (χ3v) is 23.4. The molecule has 0 saturated carbocycles. The van der Waals surface area contributed by atoms with Crippen LogP contribution in [-0.2, 0) is 36.8 Å². The van der Waals surface area contributed by atoms with Crippen LogP contribution >= 0.6 is 0 Å². The predicted molar refractivity (Wildman–Crippen MR) is 432 cm³/mol. The lowest BCUT2D eigenvalue weighted by atomic mass is 9.78. The van der Waals surface area contributed by atoms with E-state index in [1.165, 1.54) is 176 Å². The molecule has 7 nitrogen and oxygen atoms in total. The first-order chi connectivity index (χ1) is 51.5. The van der Waals surface area contributed by atoms with Crippen LogP contribution in [0.25, 0.3) is 154 Å². The molecule has 0 aliphatic heterocycles. The molecule has 7 heteroatoms. The van der Waals surface area contributed by atoms with Crippen molar-refractivity contribution >= 4 is 109 Å². The number of rotatable bonds is 6. The Kier molecular flexibility index (Phi) is 13.3. The molecule has 0 saturated heterocycles. The fraction of sp³-hybridized carbons (Fsp3) is 0.134. The third-order valence-electron chi connectivity index (χ3n) is 23.4. The Morgan fingerprint density at radius 2 is 0.731 bits per heavy atom. The Labute approximate surface area is 605 Å². The highest BCUT2D eigenvalue weighted by Gasteiger charge is 2.44. The largest absolute Gasteiger partial charge is 0.497 e. The van der Waals surface area contributed by atoms with Crippen molar-refractivity contribution in [2.75, 3.05) is 14.2 Å². The van der Waals surface area contributed by atoms with Crippen molar-refractivity contribution in [3.05, 3.63) is 323 Å². The number of methoxy groups -OCH3 is 2. The molecule has 19 aromatic rings. The Morgan fingerprint density at radius 1 is 0.327 bits per heavy atom. The van der Waals surface area contributed by atoms with E-state index >= 15 is 0 Å². The molecule has 0 spiro atoms. The van der Waals surface area contributed by atoms with E-state index in [1.807, 2.05) is 36.4 Å². The summed E-state index contributed by atoms with van der Waals surface area (Å²) in [4.78, 5) is 0. The zero-order valence-corrected chi connectivity index (χ0v) is 58.2. The maximum absolute atomic E-state index is 6.55. The number of ether oxygens (including phenoxy) is 2. The Balaban J connectivity index is 0.000000108. The van der Waals surface area contributed by atoms with Gasteiger partial charge in [0.15, 0.2) is 0 Å². The highest BCUT2D eigenvalue weighted by atomic mass is 16.5. The number of aromatic nitrogens is 2. The van der Waals surface area contributed by atoms with Gasteiger partial charge in [-0.3, -0.25) is 0 Å². The second kappa shape index (κ2) is 22.8. The van der Waals surface area contributed by atoms with Crippen LogP contribution in [0.3, 0.4) is 0 Å². The topological polar surface area (TPSA) is 67.7 Å². The minimum absolute atomic E-state index is 0. The Hall–Kier alpha value is -12.3. The van der Waals surface area contributed by atoms with Crippen molar-refractivity contribution in [2.45, 2.75) is 71.9 Å². The van der Waals surface area contributed by atoms with E-state index in [0.29, 0.717) is 0 Å². The van der Waals surface area contributed by atoms with Crippen LogP contribution in [0.5, 0.6) is 11.5 Å². The van der Waals surface area contributed by atoms with Crippen molar-refractivity contribution in [3.8, 4) is 56.0 Å². The van der Waals surface area contributed by atoms with Gasteiger partial charge in [-0.15, -0.1) is 0 Å². The fourth-order valence-electron chi connectivity index (χ4n) is 18.9. The van der Waals surface area contributed by atoms with Gasteiger partial charge >= 0.3 is 0 Å². The third kappa shape index (κ3) is 8.76. The maximum atomic E-state index is 6.55. The summed E-state index contributed by atoms with van der Waals surface area (Å²) in [7, 11) is 3.42. The van der Waals surface area contributed by atoms with Gasteiger partial charge in [0, 0.05) is 126 Å². The lowest BCUT2D eigenvalue weighted by Gasteiger charge is -2.24. The van der Waals surface area contributed by atoms with Crippen LogP contribution in [0.4, 0.5) is 0 Å². The summed E-state index contributed by atoms with van der Waals surface area (Å²) in [6, 6.07) is 95.9. The fourth-order valence-corrected chi connectivity index (χ4v) is 18.9. The molecule has 504 valence electrons. The smallest absolute Gasteiger partial charge is 0.140 e. The van der Waals surface area contributed by atoms with Gasteiger partial charge in [-0.2, -0.15) is 0 Å². The molecule has 0 bridgehead atoms. The minimum Gasteiger partial charge on any atom is -0.497 e. The molecule has 0 fully saturated rings. The van der Waals surface area contributed by atoms with E-state index in [4.69, 9.17) is 25.7 Å². The number of hydrogen-bond donors (Lipinski definition) is 0. The molecule has 4 aliphatic carbocycles. The molecule has 14 aromatic carbocycles. The van der Waals surface area contributed by atoms with Gasteiger partial charge in [0.1, 0.15) is 45.0 Å². The molecule has 4 aliphatic rings. The first-order valence-electron chi connectivity index (χ1n) is 36.9. The maximum Gasteiger partial charge on any atom is 0.140 e. The van der Waals surface area contributed by atoms with Crippen molar-refractivity contribution in [1.82, 2.24) is 9.13 Å². The van der Waals surface area contributed by atoms with E-state index in [1.54, 1.807) is 14.2 Å². The van der Waals surface area contributed by atoms with Crippen LogP contribution in [0.15, 0.2) is 280 Å². The highest BCUT2D eigenvalue weighted by molar-refractivity contribution is 6.18. The number of hydrogen-bond acceptors (Lipinski definition) is 5. The summed E-state index contributed by atoms with van der Waals surface area (Å²) in [5.41, 5.74) is 35.0. The molecule has 0 amide bonds. The Morgan fingerprint density at radius 3 is 1.29 bits per heavy atom. The lowest BCUT2D eigenvalue weighted by Crippen LogP contribution is -2.16. The summed E-state index contributed by atoms with van der Waals surface area (Å²) >= 11 is 0. The van der Waals surface area contributed by atoms with Crippen LogP contribution in [-0.4, -0.2) is 23.4 Å². The van der Waals surface area contributed by atoms with Crippen molar-refractivity contribution in [3.63, 3.8) is 0 Å². The van der Waals surface area contributed by atoms with Crippen LogP contribution in [0.1, 0.15) is 93.7 Å². The Bertz CT molecular complexity index is 6830. The molecule has 0 N–H and O–H groups in total. The normalized spacial score (nSPS) is 13.8.